The summed E-state index contributed by atoms with van der Waals surface area (Å²) in [7, 11) is 0. The fourth-order valence-electron chi connectivity index (χ4n) is 3.91. The highest BCUT2D eigenvalue weighted by Gasteiger charge is 2.13. The van der Waals surface area contributed by atoms with E-state index < -0.39 is 17.4 Å². The third kappa shape index (κ3) is 5.22. The van der Waals surface area contributed by atoms with Crippen LogP contribution in [0, 0.1) is 0 Å². The minimum Gasteiger partial charge on any atom is -0.478 e. The van der Waals surface area contributed by atoms with Crippen molar-refractivity contribution < 1.29 is 19.1 Å². The van der Waals surface area contributed by atoms with Crippen LogP contribution in [0.25, 0.3) is 28.2 Å². The number of rotatable bonds is 8. The molecule has 0 saturated carbocycles. The number of carboxylic acid groups (broad SMARTS) is 1. The van der Waals surface area contributed by atoms with Gasteiger partial charge in [0.1, 0.15) is 11.1 Å². The second-order valence-electron chi connectivity index (χ2n) is 8.04. The summed E-state index contributed by atoms with van der Waals surface area (Å²) in [5.74, 6) is -1.40. The van der Waals surface area contributed by atoms with Crippen LogP contribution in [0.15, 0.2) is 88.1 Å². The van der Waals surface area contributed by atoms with E-state index in [1.807, 2.05) is 42.5 Å². The Kier molecular flexibility index (Phi) is 6.92. The second-order valence-corrected chi connectivity index (χ2v) is 8.04. The summed E-state index contributed by atoms with van der Waals surface area (Å²) >= 11 is 0. The number of fused-ring (bicyclic) bond motifs is 1. The monoisotopic (exact) mass is 467 g/mol. The van der Waals surface area contributed by atoms with Crippen LogP contribution in [0.2, 0.25) is 0 Å². The van der Waals surface area contributed by atoms with Gasteiger partial charge in [-0.3, -0.25) is 4.79 Å². The first-order chi connectivity index (χ1) is 16.9. The van der Waals surface area contributed by atoms with Crippen LogP contribution in [-0.2, 0) is 0 Å². The molecule has 35 heavy (non-hydrogen) atoms. The van der Waals surface area contributed by atoms with Crippen molar-refractivity contribution in [3.05, 3.63) is 106 Å². The molecule has 0 spiro atoms. The molecule has 0 aliphatic heterocycles. The van der Waals surface area contributed by atoms with Crippen molar-refractivity contribution in [1.29, 1.82) is 0 Å². The summed E-state index contributed by atoms with van der Waals surface area (Å²) < 4.78 is 5.46. The molecular formula is C29H25NO5. The van der Waals surface area contributed by atoms with E-state index in [9.17, 15) is 14.4 Å². The van der Waals surface area contributed by atoms with Gasteiger partial charge in [-0.05, 0) is 66.9 Å². The summed E-state index contributed by atoms with van der Waals surface area (Å²) in [5, 5.41) is 9.72. The summed E-state index contributed by atoms with van der Waals surface area (Å²) in [6.07, 6.45) is 3.01. The van der Waals surface area contributed by atoms with Crippen LogP contribution in [0.3, 0.4) is 0 Å². The molecule has 0 unspecified atom stereocenters. The Morgan fingerprint density at radius 3 is 2.11 bits per heavy atom. The number of benzene rings is 3. The Morgan fingerprint density at radius 2 is 1.51 bits per heavy atom. The van der Waals surface area contributed by atoms with Crippen molar-refractivity contribution in [2.24, 2.45) is 0 Å². The first kappa shape index (κ1) is 23.7. The normalized spacial score (nSPS) is 11.1. The number of ketones is 1. The van der Waals surface area contributed by atoms with Gasteiger partial charge >= 0.3 is 11.6 Å². The highest BCUT2D eigenvalue weighted by molar-refractivity contribution is 6.07. The van der Waals surface area contributed by atoms with Crippen LogP contribution in [-0.4, -0.2) is 29.9 Å². The average Bonchev–Trinajstić information content (AvgIpc) is 2.88. The third-order valence-corrected chi connectivity index (χ3v) is 5.92. The molecule has 6 heteroatoms. The molecule has 1 aromatic heterocycles. The van der Waals surface area contributed by atoms with E-state index in [2.05, 4.69) is 18.7 Å². The number of carboxylic acids is 1. The van der Waals surface area contributed by atoms with Crippen molar-refractivity contribution in [1.82, 2.24) is 0 Å². The summed E-state index contributed by atoms with van der Waals surface area (Å²) in [4.78, 5) is 38.4. The quantitative estimate of drug-likeness (QED) is 0.197. The topological polar surface area (TPSA) is 87.8 Å². The minimum atomic E-state index is -0.966. The Bertz CT molecular complexity index is 1460. The molecule has 0 amide bonds. The molecule has 0 aliphatic carbocycles. The smallest absolute Gasteiger partial charge is 0.347 e. The highest BCUT2D eigenvalue weighted by atomic mass is 16.4. The zero-order valence-electron chi connectivity index (χ0n) is 19.5. The van der Waals surface area contributed by atoms with Gasteiger partial charge in [0.15, 0.2) is 5.78 Å². The predicted octanol–water partition coefficient (Wildman–Crippen LogP) is 5.90. The van der Waals surface area contributed by atoms with Crippen LogP contribution < -0.4 is 10.5 Å². The summed E-state index contributed by atoms with van der Waals surface area (Å²) in [5.41, 5.74) is 3.57. The molecule has 0 bridgehead atoms. The molecule has 0 aliphatic rings. The van der Waals surface area contributed by atoms with Crippen molar-refractivity contribution in [3.8, 4) is 11.1 Å². The Balaban J connectivity index is 1.52. The van der Waals surface area contributed by atoms with Crippen LogP contribution in [0.4, 0.5) is 5.69 Å². The van der Waals surface area contributed by atoms with Gasteiger partial charge in [0, 0.05) is 30.2 Å². The SMILES string of the molecule is CCN(CC)c1ccc2cc(C(=O)C=Cc3ccc(-c4ccc(C(=O)O)cc4)cc3)c(=O)oc2c1. The van der Waals surface area contributed by atoms with E-state index in [0.717, 1.165) is 35.5 Å². The number of carbonyl (C=O) groups excluding carboxylic acids is 1. The largest absolute Gasteiger partial charge is 0.478 e. The van der Waals surface area contributed by atoms with E-state index in [0.29, 0.717) is 11.0 Å². The third-order valence-electron chi connectivity index (χ3n) is 5.92. The van der Waals surface area contributed by atoms with Gasteiger partial charge < -0.3 is 14.4 Å². The van der Waals surface area contributed by atoms with Gasteiger partial charge in [-0.1, -0.05) is 42.5 Å². The van der Waals surface area contributed by atoms with Crippen molar-refractivity contribution in [2.45, 2.75) is 13.8 Å². The fraction of sp³-hybridized carbons (Fsp3) is 0.138. The maximum atomic E-state index is 12.7. The Labute approximate surface area is 202 Å². The standard InChI is InChI=1S/C29H25NO5/c1-3-30(4-2)24-15-14-23-17-25(29(34)35-27(23)18-24)26(31)16-7-19-5-8-20(9-6-19)21-10-12-22(13-11-21)28(32)33/h5-18H,3-4H2,1-2H3,(H,32,33). The lowest BCUT2D eigenvalue weighted by Gasteiger charge is -2.20. The lowest BCUT2D eigenvalue weighted by Crippen LogP contribution is -2.21. The molecule has 0 radical (unpaired) electrons. The molecule has 0 saturated heterocycles. The fourth-order valence-corrected chi connectivity index (χ4v) is 3.91. The molecule has 1 heterocycles. The van der Waals surface area contributed by atoms with E-state index in [4.69, 9.17) is 9.52 Å². The number of carbonyl (C=O) groups is 2. The minimum absolute atomic E-state index is 0.0144. The van der Waals surface area contributed by atoms with E-state index in [-0.39, 0.29) is 11.1 Å². The number of aromatic carboxylic acids is 1. The van der Waals surface area contributed by atoms with E-state index >= 15 is 0 Å². The van der Waals surface area contributed by atoms with Crippen molar-refractivity contribution in [3.63, 3.8) is 0 Å². The van der Waals surface area contributed by atoms with E-state index in [1.165, 1.54) is 6.08 Å². The molecular weight excluding hydrogens is 442 g/mol. The Morgan fingerprint density at radius 1 is 0.886 bits per heavy atom. The van der Waals surface area contributed by atoms with Gasteiger partial charge in [0.25, 0.3) is 0 Å². The molecule has 4 rings (SSSR count). The summed E-state index contributed by atoms with van der Waals surface area (Å²) in [6, 6.07) is 21.3. The maximum Gasteiger partial charge on any atom is 0.347 e. The second kappa shape index (κ2) is 10.2. The maximum absolute atomic E-state index is 12.7. The zero-order valence-corrected chi connectivity index (χ0v) is 19.5. The number of hydrogen-bond donors (Lipinski definition) is 1. The van der Waals surface area contributed by atoms with Crippen LogP contribution in [0.5, 0.6) is 0 Å². The lowest BCUT2D eigenvalue weighted by molar-refractivity contribution is 0.0696. The average molecular weight is 468 g/mol. The first-order valence-corrected chi connectivity index (χ1v) is 11.4. The molecule has 0 fully saturated rings. The number of nitrogens with zero attached hydrogens (tertiary/aromatic N) is 1. The molecule has 0 atom stereocenters. The highest BCUT2D eigenvalue weighted by Crippen LogP contribution is 2.23. The van der Waals surface area contributed by atoms with Crippen molar-refractivity contribution in [2.75, 3.05) is 18.0 Å². The molecule has 3 aromatic carbocycles. The predicted molar refractivity (Wildman–Crippen MR) is 138 cm³/mol. The molecule has 176 valence electrons. The number of hydrogen-bond acceptors (Lipinski definition) is 5. The van der Waals surface area contributed by atoms with Crippen LogP contribution in [0.1, 0.15) is 40.1 Å². The zero-order chi connectivity index (χ0) is 24.9. The van der Waals surface area contributed by atoms with Gasteiger partial charge in [-0.15, -0.1) is 0 Å². The van der Waals surface area contributed by atoms with E-state index in [1.54, 1.807) is 36.4 Å². The first-order valence-electron chi connectivity index (χ1n) is 11.4. The van der Waals surface area contributed by atoms with Gasteiger partial charge in [-0.25, -0.2) is 9.59 Å². The molecule has 1 N–H and O–H groups in total. The van der Waals surface area contributed by atoms with Gasteiger partial charge in [0.2, 0.25) is 0 Å². The molecule has 6 nitrogen and oxygen atoms in total. The molecule has 4 aromatic rings. The van der Waals surface area contributed by atoms with Crippen LogP contribution >= 0.6 is 0 Å². The van der Waals surface area contributed by atoms with Gasteiger partial charge in [0.05, 0.1) is 5.56 Å². The van der Waals surface area contributed by atoms with Crippen molar-refractivity contribution >= 4 is 34.5 Å². The lowest BCUT2D eigenvalue weighted by atomic mass is 10.0. The summed E-state index contributed by atoms with van der Waals surface area (Å²) in [6.45, 7) is 5.80. The Hall–Kier alpha value is -4.45. The van der Waals surface area contributed by atoms with Gasteiger partial charge in [-0.2, -0.15) is 0 Å². The number of allylic oxidation sites excluding steroid dienone is 1. The number of anilines is 1.